The lowest BCUT2D eigenvalue weighted by Gasteiger charge is -2.01. The number of nitrogens with zero attached hydrogens (tertiary/aromatic N) is 1. The molecule has 25 heavy (non-hydrogen) atoms. The number of para-hydroxylation sites is 1. The van der Waals surface area contributed by atoms with Crippen LogP contribution >= 0.6 is 0 Å². The van der Waals surface area contributed by atoms with E-state index in [0.29, 0.717) is 0 Å². The number of hydrogen-bond acceptors (Lipinski definition) is 1. The number of halogens is 1. The minimum Gasteiger partial charge on any atom is -1.00 e. The molecule has 126 valence electrons. The number of aromatic amines is 1. The van der Waals surface area contributed by atoms with Crippen molar-refractivity contribution < 1.29 is 33.3 Å². The van der Waals surface area contributed by atoms with Crippen LogP contribution in [0.5, 0.6) is 5.75 Å². The van der Waals surface area contributed by atoms with Gasteiger partial charge in [0.15, 0.2) is 6.20 Å². The number of aryl methyl sites for hydroxylation is 1. The number of methoxy groups -OCH3 is 1. The molecule has 2 aromatic heterocycles. The van der Waals surface area contributed by atoms with Crippen LogP contribution in [-0.4, -0.2) is 12.1 Å². The van der Waals surface area contributed by atoms with Crippen LogP contribution in [0, 0.1) is 0 Å². The molecule has 0 aliphatic carbocycles. The Kier molecular flexibility index (Phi) is 5.08. The summed E-state index contributed by atoms with van der Waals surface area (Å²) in [6.07, 6.45) is 8.45. The van der Waals surface area contributed by atoms with Gasteiger partial charge in [-0.25, -0.2) is 4.57 Å². The van der Waals surface area contributed by atoms with Gasteiger partial charge in [0.2, 0.25) is 5.52 Å². The molecule has 0 fully saturated rings. The third-order valence-corrected chi connectivity index (χ3v) is 4.44. The first-order valence-corrected chi connectivity index (χ1v) is 7.97. The zero-order valence-corrected chi connectivity index (χ0v) is 16.3. The summed E-state index contributed by atoms with van der Waals surface area (Å²) in [4.78, 5) is 3.31. The fraction of sp³-hybridized carbons (Fsp3) is 0.0952. The molecule has 0 atom stereocenters. The Morgan fingerprint density at radius 2 is 1.76 bits per heavy atom. The standard InChI is InChI=1S/C21H18N2O.HI/c1-23-12-11-15(18-5-3-4-6-21(18)23)7-8-16-14-22-20-10-9-17(24-2)13-19(16)20;/h3-14H,1-2H3;1H. The number of fused-ring (bicyclic) bond motifs is 2. The van der Waals surface area contributed by atoms with Crippen LogP contribution in [-0.2, 0) is 7.05 Å². The predicted octanol–water partition coefficient (Wildman–Crippen LogP) is 1.33. The smallest absolute Gasteiger partial charge is 0.212 e. The molecule has 0 saturated heterocycles. The highest BCUT2D eigenvalue weighted by molar-refractivity contribution is 5.95. The number of benzene rings is 2. The van der Waals surface area contributed by atoms with Crippen molar-refractivity contribution in [2.75, 3.05) is 7.11 Å². The lowest BCUT2D eigenvalue weighted by molar-refractivity contribution is -0.644. The van der Waals surface area contributed by atoms with E-state index in [1.165, 1.54) is 16.5 Å². The van der Waals surface area contributed by atoms with Gasteiger partial charge >= 0.3 is 0 Å². The van der Waals surface area contributed by atoms with Gasteiger partial charge in [0, 0.05) is 29.2 Å². The van der Waals surface area contributed by atoms with Gasteiger partial charge in [-0.1, -0.05) is 24.3 Å². The van der Waals surface area contributed by atoms with Crippen molar-refractivity contribution in [3.05, 3.63) is 72.1 Å². The summed E-state index contributed by atoms with van der Waals surface area (Å²) in [6, 6.07) is 16.7. The van der Waals surface area contributed by atoms with Crippen molar-refractivity contribution in [2.45, 2.75) is 0 Å². The van der Waals surface area contributed by atoms with Crippen molar-refractivity contribution in [3.63, 3.8) is 0 Å². The average molecular weight is 442 g/mol. The maximum atomic E-state index is 5.34. The van der Waals surface area contributed by atoms with Crippen LogP contribution in [0.15, 0.2) is 60.9 Å². The number of ether oxygens (including phenoxy) is 1. The molecule has 0 bridgehead atoms. The third-order valence-electron chi connectivity index (χ3n) is 4.44. The monoisotopic (exact) mass is 442 g/mol. The van der Waals surface area contributed by atoms with Crippen LogP contribution in [0.25, 0.3) is 34.0 Å². The second kappa shape index (κ2) is 7.27. The molecule has 0 aliphatic heterocycles. The molecular weight excluding hydrogens is 423 g/mol. The molecule has 0 spiro atoms. The Balaban J connectivity index is 0.00000182. The van der Waals surface area contributed by atoms with Crippen LogP contribution in [0.2, 0.25) is 0 Å². The van der Waals surface area contributed by atoms with E-state index in [1.54, 1.807) is 7.11 Å². The van der Waals surface area contributed by atoms with Gasteiger partial charge in [0.25, 0.3) is 0 Å². The Hall–Kier alpha value is -2.34. The fourth-order valence-corrected chi connectivity index (χ4v) is 3.10. The summed E-state index contributed by atoms with van der Waals surface area (Å²) in [6.45, 7) is 0. The maximum absolute atomic E-state index is 5.34. The zero-order valence-electron chi connectivity index (χ0n) is 14.2. The van der Waals surface area contributed by atoms with Crippen LogP contribution < -0.4 is 33.3 Å². The van der Waals surface area contributed by atoms with E-state index < -0.39 is 0 Å². The summed E-state index contributed by atoms with van der Waals surface area (Å²) in [7, 11) is 3.77. The molecule has 1 N–H and O–H groups in total. The summed E-state index contributed by atoms with van der Waals surface area (Å²) in [5.41, 5.74) is 4.70. The number of hydrogen-bond donors (Lipinski definition) is 1. The molecule has 0 aliphatic rings. The first-order valence-electron chi connectivity index (χ1n) is 7.97. The fourth-order valence-electron chi connectivity index (χ4n) is 3.10. The quantitative estimate of drug-likeness (QED) is 0.377. The first kappa shape index (κ1) is 17.5. The minimum absolute atomic E-state index is 0. The van der Waals surface area contributed by atoms with Gasteiger partial charge in [-0.05, 0) is 35.4 Å². The van der Waals surface area contributed by atoms with Crippen LogP contribution in [0.1, 0.15) is 11.1 Å². The molecule has 4 heteroatoms. The molecule has 3 nitrogen and oxygen atoms in total. The van der Waals surface area contributed by atoms with Crippen LogP contribution in [0.3, 0.4) is 0 Å². The van der Waals surface area contributed by atoms with E-state index in [2.05, 4.69) is 71.3 Å². The molecule has 0 unspecified atom stereocenters. The lowest BCUT2D eigenvalue weighted by atomic mass is 10.1. The molecule has 2 aromatic carbocycles. The van der Waals surface area contributed by atoms with E-state index in [4.69, 9.17) is 4.74 Å². The van der Waals surface area contributed by atoms with E-state index in [-0.39, 0.29) is 24.0 Å². The Bertz CT molecular complexity index is 1070. The molecule has 2 heterocycles. The molecule has 0 radical (unpaired) electrons. The Labute approximate surface area is 164 Å². The number of rotatable bonds is 3. The van der Waals surface area contributed by atoms with Gasteiger partial charge in [-0.3, -0.25) is 0 Å². The Morgan fingerprint density at radius 1 is 0.960 bits per heavy atom. The van der Waals surface area contributed by atoms with Gasteiger partial charge in [-0.2, -0.15) is 0 Å². The van der Waals surface area contributed by atoms with Crippen molar-refractivity contribution >= 4 is 34.0 Å². The third kappa shape index (κ3) is 3.26. The molecule has 0 amide bonds. The van der Waals surface area contributed by atoms with Gasteiger partial charge < -0.3 is 33.7 Å². The highest BCUT2D eigenvalue weighted by Crippen LogP contribution is 2.25. The van der Waals surface area contributed by atoms with Crippen molar-refractivity contribution in [3.8, 4) is 5.75 Å². The second-order valence-electron chi connectivity index (χ2n) is 5.89. The number of nitrogens with one attached hydrogen (secondary N) is 1. The highest BCUT2D eigenvalue weighted by atomic mass is 127. The van der Waals surface area contributed by atoms with Gasteiger partial charge in [0.05, 0.1) is 12.5 Å². The van der Waals surface area contributed by atoms with Crippen molar-refractivity contribution in [2.24, 2.45) is 7.05 Å². The van der Waals surface area contributed by atoms with Gasteiger partial charge in [-0.15, -0.1) is 0 Å². The predicted molar refractivity (Wildman–Crippen MR) is 98.9 cm³/mol. The summed E-state index contributed by atoms with van der Waals surface area (Å²) >= 11 is 0. The van der Waals surface area contributed by atoms with E-state index in [9.17, 15) is 0 Å². The lowest BCUT2D eigenvalue weighted by Crippen LogP contribution is -3.00. The summed E-state index contributed by atoms with van der Waals surface area (Å²) in [5, 5.41) is 2.41. The number of pyridine rings is 1. The summed E-state index contributed by atoms with van der Waals surface area (Å²) in [5.74, 6) is 0.869. The topological polar surface area (TPSA) is 28.9 Å². The molecular formula is C21H19IN2O. The average Bonchev–Trinajstić information content (AvgIpc) is 3.03. The number of H-pyrrole nitrogens is 1. The molecule has 4 rings (SSSR count). The largest absolute Gasteiger partial charge is 1.00 e. The normalized spacial score (nSPS) is 11.1. The zero-order chi connectivity index (χ0) is 16.5. The van der Waals surface area contributed by atoms with Crippen molar-refractivity contribution in [1.29, 1.82) is 0 Å². The highest BCUT2D eigenvalue weighted by Gasteiger charge is 2.07. The Morgan fingerprint density at radius 3 is 2.60 bits per heavy atom. The van der Waals surface area contributed by atoms with Gasteiger partial charge in [0.1, 0.15) is 12.8 Å². The first-order chi connectivity index (χ1) is 11.8. The van der Waals surface area contributed by atoms with Crippen molar-refractivity contribution in [1.82, 2.24) is 4.98 Å². The molecule has 4 aromatic rings. The van der Waals surface area contributed by atoms with E-state index in [0.717, 1.165) is 22.2 Å². The molecule has 0 saturated carbocycles. The second-order valence-corrected chi connectivity index (χ2v) is 5.89. The summed E-state index contributed by atoms with van der Waals surface area (Å²) < 4.78 is 7.48. The SMILES string of the molecule is COc1ccc2[nH]cc(/C=C/c3cc[n+](C)c4ccccc34)c2c1.[I-]. The number of aromatic nitrogens is 2. The van der Waals surface area contributed by atoms with E-state index in [1.807, 2.05) is 18.3 Å². The maximum Gasteiger partial charge on any atom is 0.212 e. The minimum atomic E-state index is 0. The van der Waals surface area contributed by atoms with E-state index >= 15 is 0 Å². The van der Waals surface area contributed by atoms with Crippen LogP contribution in [0.4, 0.5) is 0 Å².